The Balaban J connectivity index is 1.57. The van der Waals surface area contributed by atoms with E-state index in [2.05, 4.69) is 10.3 Å². The molecule has 142 valence electrons. The Morgan fingerprint density at radius 3 is 2.58 bits per heavy atom. The Labute approximate surface area is 153 Å². The first-order valence-electron chi connectivity index (χ1n) is 8.28. The highest BCUT2D eigenvalue weighted by Crippen LogP contribution is 2.29. The van der Waals surface area contributed by atoms with Crippen molar-refractivity contribution in [2.75, 3.05) is 42.6 Å². The monoisotopic (exact) mass is 388 g/mol. The molecule has 1 atom stereocenters. The van der Waals surface area contributed by atoms with Crippen molar-refractivity contribution in [2.24, 2.45) is 0 Å². The summed E-state index contributed by atoms with van der Waals surface area (Å²) in [6.07, 6.45) is -3.16. The zero-order valence-electron chi connectivity index (χ0n) is 14.0. The molecule has 10 heteroatoms. The molecule has 0 radical (unpaired) electrons. The topological polar surface area (TPSA) is 65.5 Å². The van der Waals surface area contributed by atoms with Crippen LogP contribution in [0.5, 0.6) is 0 Å². The lowest BCUT2D eigenvalue weighted by Gasteiger charge is -2.37. The fourth-order valence-electron chi connectivity index (χ4n) is 2.92. The van der Waals surface area contributed by atoms with Crippen molar-refractivity contribution in [3.8, 4) is 0 Å². The molecule has 1 aromatic rings. The number of anilines is 1. The largest absolute Gasteiger partial charge is 0.417 e. The lowest BCUT2D eigenvalue weighted by atomic mass is 10.2. The molecule has 2 amide bonds. The number of nitrogens with zero attached hydrogens (tertiary/aromatic N) is 3. The summed E-state index contributed by atoms with van der Waals surface area (Å²) in [4.78, 5) is 31.6. The Morgan fingerprint density at radius 1 is 1.23 bits per heavy atom. The number of rotatable bonds is 2. The molecule has 0 bridgehead atoms. The van der Waals surface area contributed by atoms with Gasteiger partial charge in [-0.25, -0.2) is 4.98 Å². The first kappa shape index (κ1) is 18.8. The van der Waals surface area contributed by atoms with Crippen LogP contribution < -0.4 is 10.2 Å². The highest BCUT2D eigenvalue weighted by atomic mass is 32.2. The fraction of sp³-hybridized carbons (Fsp3) is 0.562. The number of halogens is 3. The number of hydrogen-bond acceptors (Lipinski definition) is 5. The van der Waals surface area contributed by atoms with Gasteiger partial charge < -0.3 is 15.1 Å². The van der Waals surface area contributed by atoms with E-state index >= 15 is 0 Å². The normalized spacial score (nSPS) is 22.0. The molecule has 3 heterocycles. The number of thioether (sulfide) groups is 1. The predicted octanol–water partition coefficient (Wildman–Crippen LogP) is 1.37. The second-order valence-electron chi connectivity index (χ2n) is 6.16. The van der Waals surface area contributed by atoms with Crippen LogP contribution in [0.4, 0.5) is 19.0 Å². The van der Waals surface area contributed by atoms with Gasteiger partial charge in [0.05, 0.1) is 5.56 Å². The maximum absolute atomic E-state index is 12.6. The van der Waals surface area contributed by atoms with E-state index in [4.69, 9.17) is 0 Å². The molecule has 1 N–H and O–H groups in total. The summed E-state index contributed by atoms with van der Waals surface area (Å²) in [6, 6.07) is 1.85. The van der Waals surface area contributed by atoms with Crippen molar-refractivity contribution in [3.63, 3.8) is 0 Å². The second kappa shape index (κ2) is 7.73. The molecule has 26 heavy (non-hydrogen) atoms. The van der Waals surface area contributed by atoms with E-state index in [0.717, 1.165) is 12.3 Å². The molecule has 0 spiro atoms. The van der Waals surface area contributed by atoms with Gasteiger partial charge in [-0.15, -0.1) is 0 Å². The van der Waals surface area contributed by atoms with Crippen LogP contribution in [0.2, 0.25) is 0 Å². The van der Waals surface area contributed by atoms with Gasteiger partial charge in [-0.05, 0) is 12.1 Å². The van der Waals surface area contributed by atoms with Gasteiger partial charge in [0.2, 0.25) is 11.8 Å². The maximum Gasteiger partial charge on any atom is 0.417 e. The van der Waals surface area contributed by atoms with Crippen molar-refractivity contribution in [1.82, 2.24) is 15.2 Å². The first-order chi connectivity index (χ1) is 12.3. The number of amides is 2. The molecule has 2 aliphatic heterocycles. The minimum absolute atomic E-state index is 0.104. The van der Waals surface area contributed by atoms with Crippen LogP contribution in [0.25, 0.3) is 0 Å². The Hall–Kier alpha value is -1.97. The average Bonchev–Trinajstić information content (AvgIpc) is 2.85. The van der Waals surface area contributed by atoms with Crippen molar-refractivity contribution >= 4 is 29.4 Å². The minimum atomic E-state index is -4.40. The molecular weight excluding hydrogens is 369 g/mol. The summed E-state index contributed by atoms with van der Waals surface area (Å²) < 4.78 is 37.8. The molecule has 2 fully saturated rings. The lowest BCUT2D eigenvalue weighted by molar-refractivity contribution is -0.138. The molecule has 1 aromatic heterocycles. The van der Waals surface area contributed by atoms with Gasteiger partial charge in [0.1, 0.15) is 11.9 Å². The van der Waals surface area contributed by atoms with Crippen LogP contribution in [0.15, 0.2) is 18.3 Å². The van der Waals surface area contributed by atoms with Crippen molar-refractivity contribution < 1.29 is 22.8 Å². The molecule has 2 saturated heterocycles. The summed E-state index contributed by atoms with van der Waals surface area (Å²) >= 11 is 1.58. The number of carbonyl (C=O) groups is 2. The fourth-order valence-corrected chi connectivity index (χ4v) is 3.88. The number of pyridine rings is 1. The highest BCUT2D eigenvalue weighted by Gasteiger charge is 2.32. The summed E-state index contributed by atoms with van der Waals surface area (Å²) in [5.74, 6) is 1.52. The summed E-state index contributed by atoms with van der Waals surface area (Å²) in [6.45, 7) is 1.85. The van der Waals surface area contributed by atoms with Crippen LogP contribution in [-0.2, 0) is 15.8 Å². The van der Waals surface area contributed by atoms with Gasteiger partial charge in [0.25, 0.3) is 0 Å². The van der Waals surface area contributed by atoms with Gasteiger partial charge in [-0.2, -0.15) is 24.9 Å². The molecule has 0 aliphatic carbocycles. The van der Waals surface area contributed by atoms with Gasteiger partial charge in [0, 0.05) is 50.3 Å². The van der Waals surface area contributed by atoms with E-state index in [1.165, 1.54) is 6.07 Å². The summed E-state index contributed by atoms with van der Waals surface area (Å²) in [7, 11) is 0. The maximum atomic E-state index is 12.6. The lowest BCUT2D eigenvalue weighted by Crippen LogP contribution is -2.55. The van der Waals surface area contributed by atoms with Gasteiger partial charge in [-0.1, -0.05) is 0 Å². The molecule has 2 aliphatic rings. The molecule has 3 rings (SSSR count). The van der Waals surface area contributed by atoms with Crippen LogP contribution in [0, 0.1) is 0 Å². The minimum Gasteiger partial charge on any atom is -0.353 e. The SMILES string of the molecule is O=C1CCSCC(C(=O)N2CCN(c3ccc(C(F)(F)F)cn3)CC2)N1. The molecule has 6 nitrogen and oxygen atoms in total. The van der Waals surface area contributed by atoms with Crippen LogP contribution in [-0.4, -0.2) is 65.4 Å². The van der Waals surface area contributed by atoms with E-state index in [1.54, 1.807) is 16.7 Å². The van der Waals surface area contributed by atoms with Gasteiger partial charge in [0.15, 0.2) is 0 Å². The molecule has 1 unspecified atom stereocenters. The third-order valence-corrected chi connectivity index (χ3v) is 5.44. The molecule has 0 saturated carbocycles. The van der Waals surface area contributed by atoms with Gasteiger partial charge in [-0.3, -0.25) is 9.59 Å². The molecular formula is C16H19F3N4O2S. The number of carbonyl (C=O) groups excluding carboxylic acids is 2. The Morgan fingerprint density at radius 2 is 1.96 bits per heavy atom. The first-order valence-corrected chi connectivity index (χ1v) is 9.44. The number of alkyl halides is 3. The number of piperazine rings is 1. The van der Waals surface area contributed by atoms with Gasteiger partial charge >= 0.3 is 6.18 Å². The smallest absolute Gasteiger partial charge is 0.353 e. The summed E-state index contributed by atoms with van der Waals surface area (Å²) in [5, 5.41) is 2.76. The van der Waals surface area contributed by atoms with Crippen LogP contribution in [0.3, 0.4) is 0 Å². The van der Waals surface area contributed by atoms with E-state index in [0.29, 0.717) is 49.9 Å². The average molecular weight is 388 g/mol. The predicted molar refractivity (Wildman–Crippen MR) is 91.9 cm³/mol. The van der Waals surface area contributed by atoms with E-state index < -0.39 is 17.8 Å². The van der Waals surface area contributed by atoms with Crippen molar-refractivity contribution in [2.45, 2.75) is 18.6 Å². The quantitative estimate of drug-likeness (QED) is 0.829. The third kappa shape index (κ3) is 4.40. The second-order valence-corrected chi connectivity index (χ2v) is 7.31. The third-order valence-electron chi connectivity index (χ3n) is 4.38. The van der Waals surface area contributed by atoms with E-state index in [9.17, 15) is 22.8 Å². The Kier molecular flexibility index (Phi) is 5.59. The molecule has 0 aromatic carbocycles. The number of aromatic nitrogens is 1. The van der Waals surface area contributed by atoms with E-state index in [-0.39, 0.29) is 11.8 Å². The number of hydrogen-bond donors (Lipinski definition) is 1. The standard InChI is InChI=1S/C16H19F3N4O2S/c17-16(18,19)11-1-2-13(20-9-11)22-4-6-23(7-5-22)15(25)12-10-26-8-3-14(24)21-12/h1-2,9,12H,3-8,10H2,(H,21,24). The van der Waals surface area contributed by atoms with E-state index in [1.807, 2.05) is 4.90 Å². The van der Waals surface area contributed by atoms with Crippen molar-refractivity contribution in [1.29, 1.82) is 0 Å². The number of nitrogens with one attached hydrogen (secondary N) is 1. The zero-order chi connectivity index (χ0) is 18.7. The van der Waals surface area contributed by atoms with Crippen molar-refractivity contribution in [3.05, 3.63) is 23.9 Å². The van der Waals surface area contributed by atoms with Crippen LogP contribution in [0.1, 0.15) is 12.0 Å². The Bertz CT molecular complexity index is 660. The highest BCUT2D eigenvalue weighted by molar-refractivity contribution is 7.99. The van der Waals surface area contributed by atoms with Crippen LogP contribution >= 0.6 is 11.8 Å². The zero-order valence-corrected chi connectivity index (χ0v) is 14.8. The summed E-state index contributed by atoms with van der Waals surface area (Å²) in [5.41, 5.74) is -0.781.